The van der Waals surface area contributed by atoms with Gasteiger partial charge in [-0.05, 0) is 46.3 Å². The van der Waals surface area contributed by atoms with Crippen molar-refractivity contribution in [2.45, 2.75) is 25.2 Å². The molecule has 0 saturated heterocycles. The third kappa shape index (κ3) is 2.01. The molecule has 1 aromatic carbocycles. The van der Waals surface area contributed by atoms with Gasteiger partial charge in [0, 0.05) is 12.1 Å². The van der Waals surface area contributed by atoms with E-state index >= 15 is 0 Å². The Morgan fingerprint density at radius 1 is 1.33 bits per heavy atom. The molecule has 1 unspecified atom stereocenters. The molecule has 0 radical (unpaired) electrons. The second-order valence-electron chi connectivity index (χ2n) is 4.59. The van der Waals surface area contributed by atoms with Gasteiger partial charge in [0.2, 0.25) is 0 Å². The summed E-state index contributed by atoms with van der Waals surface area (Å²) in [5, 5.41) is 0. The highest BCUT2D eigenvalue weighted by molar-refractivity contribution is 9.10. The molecule has 1 aliphatic rings. The van der Waals surface area contributed by atoms with E-state index in [9.17, 15) is 4.79 Å². The van der Waals surface area contributed by atoms with Gasteiger partial charge < -0.3 is 4.98 Å². The number of halogens is 1. The molecule has 3 rings (SSSR count). The standard InChI is InChI=1S/C14H13BrN2O/c15-12-8-16-13(17-14(12)18)11-7-3-5-9-4-1-2-6-10(9)11/h1-2,4,6,8,11H,3,5,7H2,(H,16,17,18). The number of benzene rings is 1. The number of fused-ring (bicyclic) bond motifs is 1. The average Bonchev–Trinajstić information content (AvgIpc) is 2.41. The molecule has 1 atom stereocenters. The van der Waals surface area contributed by atoms with Crippen LogP contribution in [0.3, 0.4) is 0 Å². The van der Waals surface area contributed by atoms with E-state index in [1.807, 2.05) is 6.07 Å². The fourth-order valence-corrected chi connectivity index (χ4v) is 2.81. The summed E-state index contributed by atoms with van der Waals surface area (Å²) < 4.78 is 0.482. The lowest BCUT2D eigenvalue weighted by Gasteiger charge is -2.24. The highest BCUT2D eigenvalue weighted by Gasteiger charge is 2.23. The van der Waals surface area contributed by atoms with E-state index in [4.69, 9.17) is 0 Å². The lowest BCUT2D eigenvalue weighted by atomic mass is 9.82. The molecular weight excluding hydrogens is 292 g/mol. The van der Waals surface area contributed by atoms with Gasteiger partial charge in [0.1, 0.15) is 10.3 Å². The quantitative estimate of drug-likeness (QED) is 0.880. The van der Waals surface area contributed by atoms with E-state index in [-0.39, 0.29) is 11.5 Å². The molecule has 1 aromatic heterocycles. The maximum absolute atomic E-state index is 11.7. The third-order valence-electron chi connectivity index (χ3n) is 3.47. The number of H-pyrrole nitrogens is 1. The Bertz CT molecular complexity index is 636. The molecule has 4 heteroatoms. The Morgan fingerprint density at radius 2 is 2.17 bits per heavy atom. The molecule has 0 aliphatic heterocycles. The number of aromatic nitrogens is 2. The molecule has 1 heterocycles. The van der Waals surface area contributed by atoms with Crippen LogP contribution in [-0.2, 0) is 6.42 Å². The highest BCUT2D eigenvalue weighted by atomic mass is 79.9. The molecule has 1 N–H and O–H groups in total. The minimum atomic E-state index is -0.108. The number of aryl methyl sites for hydroxylation is 1. The Labute approximate surface area is 113 Å². The Morgan fingerprint density at radius 3 is 3.00 bits per heavy atom. The molecule has 92 valence electrons. The molecule has 0 bridgehead atoms. The van der Waals surface area contributed by atoms with Crippen molar-refractivity contribution in [1.29, 1.82) is 0 Å². The third-order valence-corrected chi connectivity index (χ3v) is 4.04. The van der Waals surface area contributed by atoms with Gasteiger partial charge in [-0.15, -0.1) is 0 Å². The van der Waals surface area contributed by atoms with Crippen LogP contribution in [0.15, 0.2) is 39.7 Å². The van der Waals surface area contributed by atoms with Crippen LogP contribution in [0.5, 0.6) is 0 Å². The van der Waals surface area contributed by atoms with Crippen molar-refractivity contribution in [2.24, 2.45) is 0 Å². The maximum atomic E-state index is 11.7. The summed E-state index contributed by atoms with van der Waals surface area (Å²) in [6.45, 7) is 0. The molecule has 3 nitrogen and oxygen atoms in total. The zero-order valence-electron chi connectivity index (χ0n) is 9.82. The minimum absolute atomic E-state index is 0.108. The van der Waals surface area contributed by atoms with E-state index in [1.165, 1.54) is 11.1 Å². The smallest absolute Gasteiger partial charge is 0.265 e. The molecule has 18 heavy (non-hydrogen) atoms. The van der Waals surface area contributed by atoms with Crippen molar-refractivity contribution in [3.8, 4) is 0 Å². The summed E-state index contributed by atoms with van der Waals surface area (Å²) in [7, 11) is 0. The van der Waals surface area contributed by atoms with Gasteiger partial charge >= 0.3 is 0 Å². The first-order valence-electron chi connectivity index (χ1n) is 6.08. The topological polar surface area (TPSA) is 45.8 Å². The van der Waals surface area contributed by atoms with Gasteiger partial charge in [-0.2, -0.15) is 0 Å². The monoisotopic (exact) mass is 304 g/mol. The summed E-state index contributed by atoms with van der Waals surface area (Å²) in [6.07, 6.45) is 4.89. The number of nitrogens with one attached hydrogen (secondary N) is 1. The normalized spacial score (nSPS) is 18.4. The van der Waals surface area contributed by atoms with Gasteiger partial charge in [-0.3, -0.25) is 4.79 Å². The van der Waals surface area contributed by atoms with Crippen LogP contribution in [0.1, 0.15) is 35.7 Å². The average molecular weight is 305 g/mol. The SMILES string of the molecule is O=c1[nH]c(C2CCCc3ccccc32)ncc1Br. The Kier molecular flexibility index (Phi) is 3.04. The predicted molar refractivity (Wildman–Crippen MR) is 73.8 cm³/mol. The second-order valence-corrected chi connectivity index (χ2v) is 5.44. The van der Waals surface area contributed by atoms with Crippen molar-refractivity contribution in [3.63, 3.8) is 0 Å². The zero-order valence-corrected chi connectivity index (χ0v) is 11.4. The summed E-state index contributed by atoms with van der Waals surface area (Å²) in [5.41, 5.74) is 2.57. The molecule has 0 spiro atoms. The number of nitrogens with zero attached hydrogens (tertiary/aromatic N) is 1. The number of hydrogen-bond donors (Lipinski definition) is 1. The summed E-state index contributed by atoms with van der Waals surface area (Å²) in [6, 6.07) is 8.42. The van der Waals surface area contributed by atoms with E-state index in [1.54, 1.807) is 6.20 Å². The van der Waals surface area contributed by atoms with Crippen LogP contribution in [0.4, 0.5) is 0 Å². The van der Waals surface area contributed by atoms with E-state index in [0.717, 1.165) is 25.1 Å². The first-order chi connectivity index (χ1) is 8.75. The van der Waals surface area contributed by atoms with Gasteiger partial charge in [0.15, 0.2) is 0 Å². The van der Waals surface area contributed by atoms with Crippen LogP contribution in [-0.4, -0.2) is 9.97 Å². The Balaban J connectivity index is 2.08. The lowest BCUT2D eigenvalue weighted by Crippen LogP contribution is -2.18. The summed E-state index contributed by atoms with van der Waals surface area (Å²) >= 11 is 3.18. The van der Waals surface area contributed by atoms with E-state index in [2.05, 4.69) is 44.1 Å². The number of aromatic amines is 1. The van der Waals surface area contributed by atoms with Crippen LogP contribution < -0.4 is 5.56 Å². The maximum Gasteiger partial charge on any atom is 0.265 e. The van der Waals surface area contributed by atoms with Gasteiger partial charge in [0.25, 0.3) is 5.56 Å². The van der Waals surface area contributed by atoms with Gasteiger partial charge in [-0.1, -0.05) is 24.3 Å². The second kappa shape index (κ2) is 4.69. The molecule has 0 saturated carbocycles. The van der Waals surface area contributed by atoms with E-state index in [0.29, 0.717) is 4.47 Å². The number of hydrogen-bond acceptors (Lipinski definition) is 2. The van der Waals surface area contributed by atoms with Crippen molar-refractivity contribution in [2.75, 3.05) is 0 Å². The van der Waals surface area contributed by atoms with E-state index < -0.39 is 0 Å². The molecule has 1 aliphatic carbocycles. The van der Waals surface area contributed by atoms with Gasteiger partial charge in [-0.25, -0.2) is 4.98 Å². The largest absolute Gasteiger partial charge is 0.309 e. The predicted octanol–water partition coefficient (Wildman–Crippen LogP) is 3.00. The van der Waals surface area contributed by atoms with Crippen molar-refractivity contribution in [3.05, 3.63) is 62.2 Å². The minimum Gasteiger partial charge on any atom is -0.309 e. The van der Waals surface area contributed by atoms with Gasteiger partial charge in [0.05, 0.1) is 0 Å². The zero-order chi connectivity index (χ0) is 12.5. The van der Waals surface area contributed by atoms with Crippen LogP contribution in [0.2, 0.25) is 0 Å². The highest BCUT2D eigenvalue weighted by Crippen LogP contribution is 2.34. The summed E-state index contributed by atoms with van der Waals surface area (Å²) in [4.78, 5) is 18.9. The number of rotatable bonds is 1. The lowest BCUT2D eigenvalue weighted by molar-refractivity contribution is 0.588. The fraction of sp³-hybridized carbons (Fsp3) is 0.286. The first kappa shape index (κ1) is 11.7. The van der Waals surface area contributed by atoms with Crippen molar-refractivity contribution >= 4 is 15.9 Å². The summed E-state index contributed by atoms with van der Waals surface area (Å²) in [5.74, 6) is 0.992. The molecule has 2 aromatic rings. The van der Waals surface area contributed by atoms with Crippen molar-refractivity contribution < 1.29 is 0 Å². The van der Waals surface area contributed by atoms with Crippen molar-refractivity contribution in [1.82, 2.24) is 9.97 Å². The fourth-order valence-electron chi connectivity index (χ4n) is 2.61. The molecule has 0 amide bonds. The Hall–Kier alpha value is -1.42. The van der Waals surface area contributed by atoms with Crippen LogP contribution in [0.25, 0.3) is 0 Å². The van der Waals surface area contributed by atoms with Crippen LogP contribution >= 0.6 is 15.9 Å². The van der Waals surface area contributed by atoms with Crippen LogP contribution in [0, 0.1) is 0 Å². The molecular formula is C14H13BrN2O. The molecule has 0 fully saturated rings. The first-order valence-corrected chi connectivity index (χ1v) is 6.87.